The fraction of sp³-hybridized carbons (Fsp3) is 0.0909. The van der Waals surface area contributed by atoms with Crippen LogP contribution < -0.4 is 9.54 Å². The molecule has 28 heavy (non-hydrogen) atoms. The number of benzene rings is 3. The first-order valence-electron chi connectivity index (χ1n) is 8.74. The van der Waals surface area contributed by atoms with Gasteiger partial charge in [0.15, 0.2) is 0 Å². The van der Waals surface area contributed by atoms with Crippen LogP contribution in [0.3, 0.4) is 0 Å². The number of methoxy groups -OCH3 is 1. The van der Waals surface area contributed by atoms with Crippen LogP contribution in [0.15, 0.2) is 76.1 Å². The van der Waals surface area contributed by atoms with Gasteiger partial charge in [0, 0.05) is 23.6 Å². The van der Waals surface area contributed by atoms with Crippen molar-refractivity contribution in [2.75, 3.05) is 14.2 Å². The number of phenolic OH excluding ortho intramolecular Hbond substituents is 1. The predicted octanol–water partition coefficient (Wildman–Crippen LogP) is 4.50. The number of aromatic hydroxyl groups is 1. The predicted molar refractivity (Wildman–Crippen MR) is 114 cm³/mol. The first kappa shape index (κ1) is 18.0. The molecule has 0 spiro atoms. The van der Waals surface area contributed by atoms with E-state index >= 15 is 0 Å². The topological polar surface area (TPSA) is 59.1 Å². The third kappa shape index (κ3) is 3.18. The molecule has 0 aliphatic carbocycles. The van der Waals surface area contributed by atoms with Gasteiger partial charge in [0.25, 0.3) is 0 Å². The van der Waals surface area contributed by atoms with Gasteiger partial charge in [-0.1, -0.05) is 42.5 Å². The van der Waals surface area contributed by atoms with E-state index in [1.807, 2.05) is 60.0 Å². The molecule has 0 fully saturated rings. The number of thiazole rings is 1. The van der Waals surface area contributed by atoms with E-state index in [1.54, 1.807) is 31.1 Å². The number of rotatable bonds is 4. The summed E-state index contributed by atoms with van der Waals surface area (Å²) in [6.07, 6.45) is 1.68. The van der Waals surface area contributed by atoms with E-state index in [1.165, 1.54) is 11.3 Å². The maximum absolute atomic E-state index is 10.4. The number of ether oxygens (including phenoxy) is 1. The van der Waals surface area contributed by atoms with E-state index in [9.17, 15) is 5.11 Å². The maximum atomic E-state index is 10.4. The van der Waals surface area contributed by atoms with Crippen LogP contribution >= 0.6 is 11.3 Å². The summed E-state index contributed by atoms with van der Waals surface area (Å²) in [7, 11) is 3.39. The molecular formula is C22H19N3O2S. The van der Waals surface area contributed by atoms with Gasteiger partial charge in [-0.2, -0.15) is 5.10 Å². The Labute approximate surface area is 166 Å². The van der Waals surface area contributed by atoms with Crippen molar-refractivity contribution in [1.82, 2.24) is 4.68 Å². The molecule has 0 atom stereocenters. The second kappa shape index (κ2) is 7.70. The summed E-state index contributed by atoms with van der Waals surface area (Å²) in [5.74, 6) is 0.951. The Morgan fingerprint density at radius 3 is 2.64 bits per heavy atom. The summed E-state index contributed by atoms with van der Waals surface area (Å²) in [4.78, 5) is 5.08. The Morgan fingerprint density at radius 2 is 1.82 bits per heavy atom. The summed E-state index contributed by atoms with van der Waals surface area (Å²) in [6.45, 7) is 0. The van der Waals surface area contributed by atoms with Crippen molar-refractivity contribution in [1.29, 1.82) is 0 Å². The van der Waals surface area contributed by atoms with E-state index in [2.05, 4.69) is 10.1 Å². The highest BCUT2D eigenvalue weighted by atomic mass is 32.1. The molecule has 3 aromatic carbocycles. The van der Waals surface area contributed by atoms with E-state index < -0.39 is 0 Å². The molecule has 1 N–H and O–H groups in total. The lowest BCUT2D eigenvalue weighted by molar-refractivity contribution is 0.416. The van der Waals surface area contributed by atoms with Crippen molar-refractivity contribution in [3.8, 4) is 22.8 Å². The van der Waals surface area contributed by atoms with Crippen LogP contribution in [0.1, 0.15) is 5.56 Å². The Balaban J connectivity index is 1.88. The molecule has 0 bridgehead atoms. The van der Waals surface area contributed by atoms with Gasteiger partial charge in [-0.05, 0) is 29.0 Å². The van der Waals surface area contributed by atoms with Crippen LogP contribution in [0.25, 0.3) is 22.0 Å². The van der Waals surface area contributed by atoms with Crippen molar-refractivity contribution < 1.29 is 9.84 Å². The fourth-order valence-corrected chi connectivity index (χ4v) is 3.93. The molecule has 0 amide bonds. The zero-order valence-corrected chi connectivity index (χ0v) is 16.4. The second-order valence-corrected chi connectivity index (χ2v) is 6.94. The highest BCUT2D eigenvalue weighted by molar-refractivity contribution is 7.07. The minimum absolute atomic E-state index is 0.187. The van der Waals surface area contributed by atoms with Crippen LogP contribution in [0, 0.1) is 0 Å². The quantitative estimate of drug-likeness (QED) is 0.523. The standard InChI is InChI=1S/C22H19N3O2S/c1-23-22-25(19(14-28-22)17-9-5-6-10-21(17)27-2)24-13-18-16-8-4-3-7-15(16)11-12-20(18)26/h3-14,26H,1-2H3/b23-22?,24-13+. The van der Waals surface area contributed by atoms with E-state index in [0.29, 0.717) is 5.56 Å². The van der Waals surface area contributed by atoms with Gasteiger partial charge in [-0.25, -0.2) is 4.68 Å². The molecular weight excluding hydrogens is 370 g/mol. The van der Waals surface area contributed by atoms with Crippen LogP contribution in [-0.4, -0.2) is 30.2 Å². The van der Waals surface area contributed by atoms with Crippen molar-refractivity contribution >= 4 is 28.3 Å². The zero-order chi connectivity index (χ0) is 19.5. The van der Waals surface area contributed by atoms with Gasteiger partial charge in [-0.3, -0.25) is 4.99 Å². The summed E-state index contributed by atoms with van der Waals surface area (Å²) in [6, 6.07) is 19.3. The lowest BCUT2D eigenvalue weighted by Crippen LogP contribution is -2.11. The summed E-state index contributed by atoms with van der Waals surface area (Å²) in [5.41, 5.74) is 2.47. The number of hydrogen-bond donors (Lipinski definition) is 1. The number of nitrogens with zero attached hydrogens (tertiary/aromatic N) is 3. The summed E-state index contributed by atoms with van der Waals surface area (Å²) < 4.78 is 7.27. The van der Waals surface area contributed by atoms with Crippen LogP contribution in [0.5, 0.6) is 11.5 Å². The van der Waals surface area contributed by atoms with Crippen LogP contribution in [0.2, 0.25) is 0 Å². The zero-order valence-electron chi connectivity index (χ0n) is 15.5. The molecule has 1 aromatic heterocycles. The van der Waals surface area contributed by atoms with Crippen LogP contribution in [0.4, 0.5) is 0 Å². The third-order valence-electron chi connectivity index (χ3n) is 4.51. The highest BCUT2D eigenvalue weighted by Crippen LogP contribution is 2.30. The molecule has 0 aliphatic rings. The lowest BCUT2D eigenvalue weighted by atomic mass is 10.0. The van der Waals surface area contributed by atoms with Gasteiger partial charge in [0.1, 0.15) is 11.5 Å². The molecule has 0 saturated heterocycles. The van der Waals surface area contributed by atoms with Gasteiger partial charge >= 0.3 is 0 Å². The molecule has 0 saturated carbocycles. The van der Waals surface area contributed by atoms with Gasteiger partial charge < -0.3 is 9.84 Å². The first-order chi connectivity index (χ1) is 13.7. The smallest absolute Gasteiger partial charge is 0.205 e. The molecule has 5 nitrogen and oxygen atoms in total. The molecule has 4 aromatic rings. The number of para-hydroxylation sites is 1. The molecule has 4 rings (SSSR count). The summed E-state index contributed by atoms with van der Waals surface area (Å²) >= 11 is 1.50. The number of fused-ring (bicyclic) bond motifs is 1. The Hall–Kier alpha value is -3.38. The van der Waals surface area contributed by atoms with Gasteiger partial charge in [0.2, 0.25) is 4.80 Å². The average molecular weight is 389 g/mol. The van der Waals surface area contributed by atoms with E-state index in [4.69, 9.17) is 4.74 Å². The van der Waals surface area contributed by atoms with Crippen molar-refractivity contribution in [3.63, 3.8) is 0 Å². The first-order valence-corrected chi connectivity index (χ1v) is 9.62. The number of hydrogen-bond acceptors (Lipinski definition) is 5. The van der Waals surface area contributed by atoms with Crippen LogP contribution in [-0.2, 0) is 0 Å². The van der Waals surface area contributed by atoms with Crippen molar-refractivity contribution in [3.05, 3.63) is 76.4 Å². The monoisotopic (exact) mass is 389 g/mol. The fourth-order valence-electron chi connectivity index (χ4n) is 3.14. The number of phenols is 1. The summed E-state index contributed by atoms with van der Waals surface area (Å²) in [5, 5.41) is 19.0. The Bertz CT molecular complexity index is 1240. The van der Waals surface area contributed by atoms with E-state index in [0.717, 1.165) is 32.6 Å². The Morgan fingerprint density at radius 1 is 1.04 bits per heavy atom. The third-order valence-corrected chi connectivity index (χ3v) is 5.42. The largest absolute Gasteiger partial charge is 0.507 e. The molecule has 0 unspecified atom stereocenters. The molecule has 140 valence electrons. The SMILES string of the molecule is CN=c1scc(-c2ccccc2OC)n1/N=C/c1c(O)ccc2ccccc12. The molecule has 6 heteroatoms. The van der Waals surface area contributed by atoms with E-state index in [-0.39, 0.29) is 5.75 Å². The minimum atomic E-state index is 0.187. The van der Waals surface area contributed by atoms with Crippen molar-refractivity contribution in [2.45, 2.75) is 0 Å². The maximum Gasteiger partial charge on any atom is 0.205 e. The van der Waals surface area contributed by atoms with Crippen molar-refractivity contribution in [2.24, 2.45) is 10.1 Å². The molecule has 0 aliphatic heterocycles. The lowest BCUT2D eigenvalue weighted by Gasteiger charge is -2.09. The number of aromatic nitrogens is 1. The van der Waals surface area contributed by atoms with Gasteiger partial charge in [-0.15, -0.1) is 11.3 Å². The minimum Gasteiger partial charge on any atom is -0.507 e. The Kier molecular flexibility index (Phi) is 4.95. The second-order valence-electron chi connectivity index (χ2n) is 6.10. The average Bonchev–Trinajstić information content (AvgIpc) is 3.15. The normalized spacial score (nSPS) is 12.1. The molecule has 1 heterocycles. The van der Waals surface area contributed by atoms with Gasteiger partial charge in [0.05, 0.1) is 19.0 Å². The molecule has 0 radical (unpaired) electrons. The highest BCUT2D eigenvalue weighted by Gasteiger charge is 2.12.